The minimum atomic E-state index is -3.61. The van der Waals surface area contributed by atoms with E-state index in [1.165, 1.54) is 6.07 Å². The number of sulfonamides is 1. The standard InChI is InChI=1S/C18H26N2O5S/c1-3-24-17(21)16-11-13-10-14(4-5-15(13)25-16)26(22,23)20-12-18(2)6-8-19-9-7-18/h4-5,10,16,19-20H,3,6-9,11-12H2,1-2H3. The lowest BCUT2D eigenvalue weighted by Gasteiger charge is -2.34. The van der Waals surface area contributed by atoms with Crippen LogP contribution < -0.4 is 14.8 Å². The Kier molecular flexibility index (Phi) is 5.55. The zero-order chi connectivity index (χ0) is 18.8. The van der Waals surface area contributed by atoms with Gasteiger partial charge in [0.25, 0.3) is 0 Å². The van der Waals surface area contributed by atoms with E-state index in [-0.39, 0.29) is 16.9 Å². The van der Waals surface area contributed by atoms with E-state index in [0.29, 0.717) is 24.3 Å². The van der Waals surface area contributed by atoms with Crippen LogP contribution >= 0.6 is 0 Å². The number of esters is 1. The number of rotatable bonds is 6. The summed E-state index contributed by atoms with van der Waals surface area (Å²) in [6.07, 6.45) is 1.49. The van der Waals surface area contributed by atoms with Gasteiger partial charge in [-0.25, -0.2) is 17.9 Å². The summed E-state index contributed by atoms with van der Waals surface area (Å²) in [6.45, 7) is 6.35. The van der Waals surface area contributed by atoms with Crippen LogP contribution in [-0.4, -0.2) is 46.7 Å². The van der Waals surface area contributed by atoms with Crippen LogP contribution in [0.4, 0.5) is 0 Å². The molecule has 144 valence electrons. The molecule has 2 aliphatic heterocycles. The number of piperidine rings is 1. The molecule has 0 aromatic heterocycles. The fourth-order valence-corrected chi connectivity index (χ4v) is 4.57. The molecule has 26 heavy (non-hydrogen) atoms. The third-order valence-corrected chi connectivity index (χ3v) is 6.46. The molecule has 1 fully saturated rings. The van der Waals surface area contributed by atoms with Crippen molar-refractivity contribution in [3.8, 4) is 5.75 Å². The lowest BCUT2D eigenvalue weighted by atomic mass is 9.81. The number of hydrogen-bond acceptors (Lipinski definition) is 6. The smallest absolute Gasteiger partial charge is 0.347 e. The fourth-order valence-electron chi connectivity index (χ4n) is 3.32. The number of benzene rings is 1. The van der Waals surface area contributed by atoms with Crippen molar-refractivity contribution >= 4 is 16.0 Å². The SMILES string of the molecule is CCOC(=O)C1Cc2cc(S(=O)(=O)NCC3(C)CCNCC3)ccc2O1. The second kappa shape index (κ2) is 7.54. The van der Waals surface area contributed by atoms with Crippen LogP contribution in [0.3, 0.4) is 0 Å². The molecule has 8 heteroatoms. The van der Waals surface area contributed by atoms with Gasteiger partial charge in [-0.05, 0) is 62.0 Å². The quantitative estimate of drug-likeness (QED) is 0.719. The van der Waals surface area contributed by atoms with Crippen LogP contribution in [-0.2, 0) is 26.0 Å². The molecule has 0 saturated carbocycles. The first-order valence-corrected chi connectivity index (χ1v) is 10.5. The van der Waals surface area contributed by atoms with Crippen LogP contribution in [0.15, 0.2) is 23.1 Å². The van der Waals surface area contributed by atoms with Gasteiger partial charge in [0, 0.05) is 13.0 Å². The highest BCUT2D eigenvalue weighted by Gasteiger charge is 2.32. The van der Waals surface area contributed by atoms with Gasteiger partial charge >= 0.3 is 5.97 Å². The van der Waals surface area contributed by atoms with Crippen molar-refractivity contribution in [2.45, 2.75) is 44.1 Å². The first-order chi connectivity index (χ1) is 12.3. The molecular weight excluding hydrogens is 356 g/mol. The summed E-state index contributed by atoms with van der Waals surface area (Å²) in [6, 6.07) is 4.70. The van der Waals surface area contributed by atoms with Crippen LogP contribution in [0.5, 0.6) is 5.75 Å². The summed E-state index contributed by atoms with van der Waals surface area (Å²) in [7, 11) is -3.61. The molecule has 0 amide bonds. The second-order valence-electron chi connectivity index (χ2n) is 7.22. The van der Waals surface area contributed by atoms with E-state index in [1.54, 1.807) is 19.1 Å². The number of hydrogen-bond donors (Lipinski definition) is 2. The predicted molar refractivity (Wildman–Crippen MR) is 96.6 cm³/mol. The number of carbonyl (C=O) groups is 1. The average molecular weight is 382 g/mol. The Morgan fingerprint density at radius 2 is 2.12 bits per heavy atom. The molecule has 1 aromatic rings. The van der Waals surface area contributed by atoms with Gasteiger partial charge in [-0.3, -0.25) is 0 Å². The summed E-state index contributed by atoms with van der Waals surface area (Å²) in [5, 5.41) is 3.29. The molecule has 0 aliphatic carbocycles. The van der Waals surface area contributed by atoms with Gasteiger partial charge in [0.2, 0.25) is 10.0 Å². The topological polar surface area (TPSA) is 93.7 Å². The second-order valence-corrected chi connectivity index (χ2v) is 8.98. The van der Waals surface area contributed by atoms with E-state index in [4.69, 9.17) is 9.47 Å². The molecule has 7 nitrogen and oxygen atoms in total. The highest BCUT2D eigenvalue weighted by Crippen LogP contribution is 2.32. The summed E-state index contributed by atoms with van der Waals surface area (Å²) in [5.74, 6) is 0.109. The molecule has 1 aromatic carbocycles. The Hall–Kier alpha value is -1.64. The van der Waals surface area contributed by atoms with Gasteiger partial charge in [0.05, 0.1) is 11.5 Å². The summed E-state index contributed by atoms with van der Waals surface area (Å²) in [4.78, 5) is 12.0. The Balaban J connectivity index is 1.68. The van der Waals surface area contributed by atoms with Gasteiger partial charge in [-0.2, -0.15) is 0 Å². The van der Waals surface area contributed by atoms with Crippen LogP contribution in [0.1, 0.15) is 32.3 Å². The van der Waals surface area contributed by atoms with Gasteiger partial charge in [0.15, 0.2) is 6.10 Å². The number of carbonyl (C=O) groups excluding carboxylic acids is 1. The number of fused-ring (bicyclic) bond motifs is 1. The Labute approximate surface area is 154 Å². The highest BCUT2D eigenvalue weighted by molar-refractivity contribution is 7.89. The van der Waals surface area contributed by atoms with Gasteiger partial charge in [-0.15, -0.1) is 0 Å². The van der Waals surface area contributed by atoms with Crippen LogP contribution in [0.2, 0.25) is 0 Å². The van der Waals surface area contributed by atoms with E-state index >= 15 is 0 Å². The van der Waals surface area contributed by atoms with Crippen molar-refractivity contribution in [3.05, 3.63) is 23.8 Å². The molecule has 1 atom stereocenters. The zero-order valence-electron chi connectivity index (χ0n) is 15.2. The van der Waals surface area contributed by atoms with Crippen molar-refractivity contribution in [1.29, 1.82) is 0 Å². The molecule has 0 spiro atoms. The van der Waals surface area contributed by atoms with Crippen LogP contribution in [0.25, 0.3) is 0 Å². The normalized spacial score (nSPS) is 21.7. The van der Waals surface area contributed by atoms with Gasteiger partial charge in [-0.1, -0.05) is 6.92 Å². The number of ether oxygens (including phenoxy) is 2. The first kappa shape index (κ1) is 19.1. The Morgan fingerprint density at radius 1 is 1.38 bits per heavy atom. The minimum absolute atomic E-state index is 0.0346. The third kappa shape index (κ3) is 4.19. The molecule has 2 heterocycles. The zero-order valence-corrected chi connectivity index (χ0v) is 16.0. The third-order valence-electron chi connectivity index (χ3n) is 5.07. The van der Waals surface area contributed by atoms with E-state index in [0.717, 1.165) is 25.9 Å². The lowest BCUT2D eigenvalue weighted by Crippen LogP contribution is -2.42. The summed E-state index contributed by atoms with van der Waals surface area (Å²) in [5.41, 5.74) is 0.673. The van der Waals surface area contributed by atoms with Crippen molar-refractivity contribution in [2.24, 2.45) is 5.41 Å². The van der Waals surface area contributed by atoms with Gasteiger partial charge in [0.1, 0.15) is 5.75 Å². The molecule has 1 unspecified atom stereocenters. The van der Waals surface area contributed by atoms with Crippen molar-refractivity contribution in [2.75, 3.05) is 26.2 Å². The molecular formula is C18H26N2O5S. The van der Waals surface area contributed by atoms with E-state index in [1.807, 2.05) is 0 Å². The fraction of sp³-hybridized carbons (Fsp3) is 0.611. The summed E-state index contributed by atoms with van der Waals surface area (Å²) >= 11 is 0. The predicted octanol–water partition coefficient (Wildman–Crippen LogP) is 1.22. The molecule has 0 bridgehead atoms. The molecule has 2 aliphatic rings. The molecule has 1 saturated heterocycles. The van der Waals surface area contributed by atoms with Gasteiger partial charge < -0.3 is 14.8 Å². The first-order valence-electron chi connectivity index (χ1n) is 9.00. The largest absolute Gasteiger partial charge is 0.478 e. The molecule has 0 radical (unpaired) electrons. The van der Waals surface area contributed by atoms with E-state index in [2.05, 4.69) is 17.0 Å². The Bertz CT molecular complexity index is 772. The van der Waals surface area contributed by atoms with Crippen molar-refractivity contribution in [3.63, 3.8) is 0 Å². The monoisotopic (exact) mass is 382 g/mol. The van der Waals surface area contributed by atoms with E-state index < -0.39 is 22.1 Å². The van der Waals surface area contributed by atoms with E-state index in [9.17, 15) is 13.2 Å². The van der Waals surface area contributed by atoms with Crippen LogP contribution in [0, 0.1) is 5.41 Å². The maximum Gasteiger partial charge on any atom is 0.347 e. The molecule has 3 rings (SSSR count). The lowest BCUT2D eigenvalue weighted by molar-refractivity contribution is -0.150. The van der Waals surface area contributed by atoms with Crippen molar-refractivity contribution < 1.29 is 22.7 Å². The minimum Gasteiger partial charge on any atom is -0.478 e. The highest BCUT2D eigenvalue weighted by atomic mass is 32.2. The molecule has 2 N–H and O–H groups in total. The maximum atomic E-state index is 12.7. The van der Waals surface area contributed by atoms with Crippen molar-refractivity contribution in [1.82, 2.24) is 10.0 Å². The summed E-state index contributed by atoms with van der Waals surface area (Å²) < 4.78 is 38.6. The Morgan fingerprint density at radius 3 is 2.81 bits per heavy atom. The number of nitrogens with one attached hydrogen (secondary N) is 2. The maximum absolute atomic E-state index is 12.7. The average Bonchev–Trinajstić information content (AvgIpc) is 3.05.